The standard InChI is InChI=1S/C14H20N2S/c1-2-6-15-12(3-1)9-11-4-5-13-14(10-11)17-8-7-16-13/h4-5,10,12,15-16H,1-3,6-9H2. The monoisotopic (exact) mass is 248 g/mol. The van der Waals surface area contributed by atoms with E-state index in [1.165, 1.54) is 54.1 Å². The van der Waals surface area contributed by atoms with Gasteiger partial charge in [0.15, 0.2) is 0 Å². The molecule has 1 unspecified atom stereocenters. The van der Waals surface area contributed by atoms with Crippen molar-refractivity contribution in [2.75, 3.05) is 24.2 Å². The Morgan fingerprint density at radius 2 is 2.24 bits per heavy atom. The molecule has 2 N–H and O–H groups in total. The molecular formula is C14H20N2S. The molecule has 0 aromatic heterocycles. The molecule has 0 amide bonds. The molecule has 0 aliphatic carbocycles. The lowest BCUT2D eigenvalue weighted by Crippen LogP contribution is -2.35. The molecule has 0 radical (unpaired) electrons. The Kier molecular flexibility index (Phi) is 3.57. The average Bonchev–Trinajstić information content (AvgIpc) is 2.40. The lowest BCUT2D eigenvalue weighted by Gasteiger charge is -2.24. The van der Waals surface area contributed by atoms with Gasteiger partial charge in [-0.3, -0.25) is 0 Å². The lowest BCUT2D eigenvalue weighted by molar-refractivity contribution is 0.399. The molecule has 3 rings (SSSR count). The Labute approximate surface area is 108 Å². The number of hydrogen-bond acceptors (Lipinski definition) is 3. The van der Waals surface area contributed by atoms with Gasteiger partial charge in [0.1, 0.15) is 0 Å². The number of piperidine rings is 1. The van der Waals surface area contributed by atoms with E-state index in [4.69, 9.17) is 0 Å². The largest absolute Gasteiger partial charge is 0.383 e. The van der Waals surface area contributed by atoms with E-state index in [9.17, 15) is 0 Å². The predicted molar refractivity (Wildman–Crippen MR) is 75.0 cm³/mol. The molecule has 92 valence electrons. The summed E-state index contributed by atoms with van der Waals surface area (Å²) in [6, 6.07) is 7.61. The van der Waals surface area contributed by atoms with Gasteiger partial charge in [0, 0.05) is 28.9 Å². The molecule has 2 aliphatic heterocycles. The minimum Gasteiger partial charge on any atom is -0.383 e. The Hall–Kier alpha value is -0.670. The van der Waals surface area contributed by atoms with Crippen LogP contribution in [0, 0.1) is 0 Å². The summed E-state index contributed by atoms with van der Waals surface area (Å²) in [5.74, 6) is 1.19. The second-order valence-electron chi connectivity index (χ2n) is 4.96. The number of nitrogens with one attached hydrogen (secondary N) is 2. The van der Waals surface area contributed by atoms with Crippen LogP contribution in [0.15, 0.2) is 23.1 Å². The first-order valence-corrected chi connectivity index (χ1v) is 7.63. The van der Waals surface area contributed by atoms with Crippen molar-refractivity contribution in [3.05, 3.63) is 23.8 Å². The van der Waals surface area contributed by atoms with Crippen molar-refractivity contribution in [2.45, 2.75) is 36.6 Å². The smallest absolute Gasteiger partial charge is 0.0478 e. The zero-order valence-corrected chi connectivity index (χ0v) is 11.0. The first-order chi connectivity index (χ1) is 8.42. The number of benzene rings is 1. The van der Waals surface area contributed by atoms with Crippen LogP contribution in [-0.4, -0.2) is 24.9 Å². The Bertz CT molecular complexity index is 386. The van der Waals surface area contributed by atoms with Crippen LogP contribution in [0.4, 0.5) is 5.69 Å². The number of thioether (sulfide) groups is 1. The summed E-state index contributed by atoms with van der Waals surface area (Å²) in [6.45, 7) is 2.30. The number of hydrogen-bond donors (Lipinski definition) is 2. The molecular weight excluding hydrogens is 228 g/mol. The third kappa shape index (κ3) is 2.78. The maximum absolute atomic E-state index is 3.63. The van der Waals surface area contributed by atoms with Gasteiger partial charge in [-0.2, -0.15) is 0 Å². The van der Waals surface area contributed by atoms with Gasteiger partial charge in [0.25, 0.3) is 0 Å². The molecule has 0 spiro atoms. The maximum atomic E-state index is 3.63. The Morgan fingerprint density at radius 3 is 3.12 bits per heavy atom. The van der Waals surface area contributed by atoms with Gasteiger partial charge in [-0.1, -0.05) is 12.5 Å². The summed E-state index contributed by atoms with van der Waals surface area (Å²) >= 11 is 1.98. The molecule has 1 saturated heterocycles. The first-order valence-electron chi connectivity index (χ1n) is 6.65. The number of anilines is 1. The van der Waals surface area contributed by atoms with Crippen LogP contribution in [0.5, 0.6) is 0 Å². The second-order valence-corrected chi connectivity index (χ2v) is 6.09. The Balaban J connectivity index is 1.70. The van der Waals surface area contributed by atoms with Gasteiger partial charge in [0.2, 0.25) is 0 Å². The van der Waals surface area contributed by atoms with E-state index in [1.807, 2.05) is 11.8 Å². The van der Waals surface area contributed by atoms with Gasteiger partial charge in [-0.15, -0.1) is 11.8 Å². The second kappa shape index (κ2) is 5.32. The fraction of sp³-hybridized carbons (Fsp3) is 0.571. The normalized spacial score (nSPS) is 23.9. The molecule has 0 bridgehead atoms. The quantitative estimate of drug-likeness (QED) is 0.841. The third-order valence-electron chi connectivity index (χ3n) is 3.62. The third-order valence-corrected chi connectivity index (χ3v) is 4.67. The van der Waals surface area contributed by atoms with Gasteiger partial charge in [-0.25, -0.2) is 0 Å². The van der Waals surface area contributed by atoms with Crippen LogP contribution in [0.3, 0.4) is 0 Å². The average molecular weight is 248 g/mol. The van der Waals surface area contributed by atoms with Crippen molar-refractivity contribution in [3.8, 4) is 0 Å². The van der Waals surface area contributed by atoms with Crippen LogP contribution >= 0.6 is 11.8 Å². The number of rotatable bonds is 2. The molecule has 2 heterocycles. The van der Waals surface area contributed by atoms with Gasteiger partial charge >= 0.3 is 0 Å². The molecule has 1 aromatic carbocycles. The molecule has 1 atom stereocenters. The molecule has 1 fully saturated rings. The molecule has 2 nitrogen and oxygen atoms in total. The van der Waals surface area contributed by atoms with Crippen LogP contribution in [0.2, 0.25) is 0 Å². The lowest BCUT2D eigenvalue weighted by atomic mass is 9.98. The molecule has 17 heavy (non-hydrogen) atoms. The van der Waals surface area contributed by atoms with Crippen LogP contribution in [0.1, 0.15) is 24.8 Å². The predicted octanol–water partition coefficient (Wildman–Crippen LogP) is 2.89. The van der Waals surface area contributed by atoms with Gasteiger partial charge in [0.05, 0.1) is 0 Å². The van der Waals surface area contributed by atoms with Crippen LogP contribution in [-0.2, 0) is 6.42 Å². The summed E-state index contributed by atoms with van der Waals surface area (Å²) in [4.78, 5) is 1.43. The van der Waals surface area contributed by atoms with E-state index >= 15 is 0 Å². The first kappa shape index (κ1) is 11.4. The van der Waals surface area contributed by atoms with Crippen molar-refractivity contribution in [3.63, 3.8) is 0 Å². The molecule has 2 aliphatic rings. The molecule has 3 heteroatoms. The number of fused-ring (bicyclic) bond motifs is 1. The highest BCUT2D eigenvalue weighted by Gasteiger charge is 2.15. The van der Waals surface area contributed by atoms with Crippen LogP contribution in [0.25, 0.3) is 0 Å². The van der Waals surface area contributed by atoms with Crippen molar-refractivity contribution < 1.29 is 0 Å². The van der Waals surface area contributed by atoms with E-state index in [2.05, 4.69) is 28.8 Å². The minimum absolute atomic E-state index is 0.698. The van der Waals surface area contributed by atoms with Gasteiger partial charge in [-0.05, 0) is 43.5 Å². The topological polar surface area (TPSA) is 24.1 Å². The zero-order chi connectivity index (χ0) is 11.5. The van der Waals surface area contributed by atoms with E-state index in [-0.39, 0.29) is 0 Å². The SMILES string of the molecule is c1cc2c(cc1CC1CCCCN1)SCCN2. The highest BCUT2D eigenvalue weighted by Crippen LogP contribution is 2.32. The van der Waals surface area contributed by atoms with Gasteiger partial charge < -0.3 is 10.6 Å². The van der Waals surface area contributed by atoms with Crippen molar-refractivity contribution in [1.82, 2.24) is 5.32 Å². The van der Waals surface area contributed by atoms with Crippen molar-refractivity contribution >= 4 is 17.4 Å². The highest BCUT2D eigenvalue weighted by atomic mass is 32.2. The fourth-order valence-electron chi connectivity index (χ4n) is 2.69. The Morgan fingerprint density at radius 1 is 1.24 bits per heavy atom. The zero-order valence-electron chi connectivity index (χ0n) is 10.2. The maximum Gasteiger partial charge on any atom is 0.0478 e. The van der Waals surface area contributed by atoms with E-state index < -0.39 is 0 Å². The fourth-order valence-corrected chi connectivity index (χ4v) is 3.64. The van der Waals surface area contributed by atoms with Crippen LogP contribution < -0.4 is 10.6 Å². The summed E-state index contributed by atoms with van der Waals surface area (Å²) in [6.07, 6.45) is 5.26. The highest BCUT2D eigenvalue weighted by molar-refractivity contribution is 7.99. The van der Waals surface area contributed by atoms with E-state index in [0.717, 1.165) is 6.54 Å². The summed E-state index contributed by atoms with van der Waals surface area (Å²) in [5, 5.41) is 7.08. The summed E-state index contributed by atoms with van der Waals surface area (Å²) in [7, 11) is 0. The van der Waals surface area contributed by atoms with E-state index in [1.54, 1.807) is 0 Å². The minimum atomic E-state index is 0.698. The summed E-state index contributed by atoms with van der Waals surface area (Å²) < 4.78 is 0. The summed E-state index contributed by atoms with van der Waals surface area (Å²) in [5.41, 5.74) is 2.81. The molecule has 1 aromatic rings. The van der Waals surface area contributed by atoms with Crippen molar-refractivity contribution in [1.29, 1.82) is 0 Å². The molecule has 0 saturated carbocycles. The van der Waals surface area contributed by atoms with Crippen molar-refractivity contribution in [2.24, 2.45) is 0 Å². The van der Waals surface area contributed by atoms with E-state index in [0.29, 0.717) is 6.04 Å².